The molecule has 0 radical (unpaired) electrons. The van der Waals surface area contributed by atoms with Gasteiger partial charge in [0.2, 0.25) is 0 Å². The maximum absolute atomic E-state index is 8.33. The average Bonchev–Trinajstić information content (AvgIpc) is 1.65. The molecule has 0 bridgehead atoms. The van der Waals surface area contributed by atoms with Crippen LogP contribution in [-0.2, 0) is 0 Å². The van der Waals surface area contributed by atoms with E-state index in [1.165, 1.54) is 0 Å². The van der Waals surface area contributed by atoms with Gasteiger partial charge in [0.1, 0.15) is 0 Å². The molecule has 3 heteroatoms. The van der Waals surface area contributed by atoms with Gasteiger partial charge in [-0.05, 0) is 10.2 Å². The van der Waals surface area contributed by atoms with E-state index in [0.717, 1.165) is 4.43 Å². The molecule has 0 aromatic rings. The summed E-state index contributed by atoms with van der Waals surface area (Å²) in [6.07, 6.45) is 0. The molecule has 0 aliphatic rings. The molecule has 1 N–H and O–H groups in total. The lowest BCUT2D eigenvalue weighted by Crippen LogP contribution is -1.97. The van der Waals surface area contributed by atoms with Crippen LogP contribution in [0.25, 0.3) is 0 Å². The Morgan fingerprint density at radius 3 is 2.50 bits per heavy atom. The number of hydrogen-bond acceptors (Lipinski definition) is 1. The van der Waals surface area contributed by atoms with Crippen LogP contribution >= 0.6 is 22.6 Å². The monoisotopic (exact) mass is 198 g/mol. The van der Waals surface area contributed by atoms with Crippen molar-refractivity contribution in [3.63, 3.8) is 0 Å². The van der Waals surface area contributed by atoms with Crippen LogP contribution in [0.4, 0.5) is 0 Å². The second-order valence-electron chi connectivity index (χ2n) is 1.44. The largest absolute Gasteiger partial charge is 0.454 e. The van der Waals surface area contributed by atoms with Crippen molar-refractivity contribution in [2.45, 2.75) is 12.7 Å². The molecule has 1 unspecified atom stereocenters. The van der Waals surface area contributed by atoms with Crippen molar-refractivity contribution in [2.75, 3.05) is 4.43 Å². The van der Waals surface area contributed by atoms with Gasteiger partial charge in [0.15, 0.2) is 0 Å². The lowest BCUT2D eigenvalue weighted by Gasteiger charge is -1.94. The zero-order chi connectivity index (χ0) is 4.99. The van der Waals surface area contributed by atoms with E-state index in [-0.39, 0.29) is 0 Å². The second kappa shape index (κ2) is 3.93. The zero-order valence-electron chi connectivity index (χ0n) is 3.82. The van der Waals surface area contributed by atoms with Gasteiger partial charge in [-0.3, -0.25) is 0 Å². The topological polar surface area (TPSA) is 20.2 Å². The van der Waals surface area contributed by atoms with E-state index >= 15 is 0 Å². The summed E-state index contributed by atoms with van der Waals surface area (Å²) in [5, 5.41) is 8.33. The lowest BCUT2D eigenvalue weighted by molar-refractivity contribution is 0.589. The lowest BCUT2D eigenvalue weighted by atomic mass is 9.85. The third-order valence-electron chi connectivity index (χ3n) is 0.575. The third-order valence-corrected chi connectivity index (χ3v) is 2.08. The number of rotatable bonds is 2. The molecule has 0 aliphatic carbocycles. The van der Waals surface area contributed by atoms with Gasteiger partial charge in [0.25, 0.3) is 7.48 Å². The average molecular weight is 198 g/mol. The van der Waals surface area contributed by atoms with Crippen LogP contribution in [0, 0.1) is 0 Å². The van der Waals surface area contributed by atoms with Crippen LogP contribution in [0.3, 0.4) is 0 Å². The van der Waals surface area contributed by atoms with E-state index in [0.29, 0.717) is 13.3 Å². The molecule has 1 nitrogen and oxygen atoms in total. The molecule has 0 spiro atoms. The minimum atomic E-state index is 0.322. The molecule has 0 saturated carbocycles. The highest BCUT2D eigenvalue weighted by molar-refractivity contribution is 14.1. The smallest absolute Gasteiger partial charge is 0.274 e. The van der Waals surface area contributed by atoms with Crippen LogP contribution in [0.5, 0.6) is 0 Å². The quantitative estimate of drug-likeness (QED) is 0.390. The van der Waals surface area contributed by atoms with E-state index in [1.54, 1.807) is 0 Å². The van der Waals surface area contributed by atoms with Crippen LogP contribution in [0.1, 0.15) is 6.92 Å². The minimum absolute atomic E-state index is 0.322. The highest BCUT2D eigenvalue weighted by Gasteiger charge is 1.95. The van der Waals surface area contributed by atoms with Crippen molar-refractivity contribution in [1.82, 2.24) is 0 Å². The summed E-state index contributed by atoms with van der Waals surface area (Å²) in [7, 11) is 0.322. The van der Waals surface area contributed by atoms with Crippen molar-refractivity contribution in [2.24, 2.45) is 0 Å². The summed E-state index contributed by atoms with van der Waals surface area (Å²) in [4.78, 5) is 0. The molecule has 6 heavy (non-hydrogen) atoms. The summed E-state index contributed by atoms with van der Waals surface area (Å²) in [5.41, 5.74) is 0. The molecule has 36 valence electrons. The van der Waals surface area contributed by atoms with Gasteiger partial charge < -0.3 is 5.02 Å². The summed E-state index contributed by atoms with van der Waals surface area (Å²) in [6.45, 7) is 2.02. The predicted molar refractivity (Wildman–Crippen MR) is 37.7 cm³/mol. The maximum atomic E-state index is 8.33. The van der Waals surface area contributed by atoms with E-state index in [2.05, 4.69) is 22.6 Å². The molecular formula is C3H8BIO. The van der Waals surface area contributed by atoms with Crippen molar-refractivity contribution in [3.8, 4) is 0 Å². The van der Waals surface area contributed by atoms with E-state index in [1.807, 2.05) is 6.92 Å². The van der Waals surface area contributed by atoms with Gasteiger partial charge in [-0.25, -0.2) is 0 Å². The van der Waals surface area contributed by atoms with Crippen LogP contribution < -0.4 is 0 Å². The summed E-state index contributed by atoms with van der Waals surface area (Å²) >= 11 is 2.25. The molecule has 0 fully saturated rings. The number of alkyl halides is 1. The summed E-state index contributed by atoms with van der Waals surface area (Å²) < 4.78 is 1.05. The SMILES string of the molecule is CC(BO)CI. The number of hydrogen-bond donors (Lipinski definition) is 1. The maximum Gasteiger partial charge on any atom is 0.274 e. The first-order valence-corrected chi connectivity index (χ1v) is 3.50. The molecule has 0 rings (SSSR count). The second-order valence-corrected chi connectivity index (χ2v) is 2.32. The molecular weight excluding hydrogens is 190 g/mol. The fourth-order valence-corrected chi connectivity index (χ4v) is 0.327. The van der Waals surface area contributed by atoms with Gasteiger partial charge in [0, 0.05) is 0 Å². The van der Waals surface area contributed by atoms with Crippen molar-refractivity contribution in [3.05, 3.63) is 0 Å². The van der Waals surface area contributed by atoms with Crippen molar-refractivity contribution >= 4 is 30.1 Å². The first kappa shape index (κ1) is 6.75. The predicted octanol–water partition coefficient (Wildman–Crippen LogP) is 0.574. The van der Waals surface area contributed by atoms with E-state index in [4.69, 9.17) is 5.02 Å². The Morgan fingerprint density at radius 2 is 2.50 bits per heavy atom. The van der Waals surface area contributed by atoms with Gasteiger partial charge in [-0.2, -0.15) is 0 Å². The Balaban J connectivity index is 2.75. The third kappa shape index (κ3) is 2.97. The van der Waals surface area contributed by atoms with E-state index in [9.17, 15) is 0 Å². The van der Waals surface area contributed by atoms with Crippen LogP contribution in [0.2, 0.25) is 5.82 Å². The van der Waals surface area contributed by atoms with E-state index < -0.39 is 0 Å². The summed E-state index contributed by atoms with van der Waals surface area (Å²) in [5.74, 6) is 0.477. The first-order chi connectivity index (χ1) is 2.81. The standard InChI is InChI=1S/C3H8BIO/c1-3(2-5)4-6/h3-4,6H,2H2,1H3. The van der Waals surface area contributed by atoms with Crippen molar-refractivity contribution < 1.29 is 5.02 Å². The normalized spacial score (nSPS) is 13.8. The van der Waals surface area contributed by atoms with Gasteiger partial charge in [-0.15, -0.1) is 0 Å². The van der Waals surface area contributed by atoms with Crippen molar-refractivity contribution in [1.29, 1.82) is 0 Å². The van der Waals surface area contributed by atoms with Gasteiger partial charge in [-0.1, -0.05) is 29.5 Å². The Labute approximate surface area is 52.5 Å². The molecule has 0 aliphatic heterocycles. The molecule has 0 amide bonds. The Kier molecular flexibility index (Phi) is 4.42. The fourth-order valence-electron chi connectivity index (χ4n) is 0.0488. The van der Waals surface area contributed by atoms with Gasteiger partial charge in [0.05, 0.1) is 0 Å². The van der Waals surface area contributed by atoms with Crippen LogP contribution in [-0.4, -0.2) is 16.9 Å². The molecule has 1 atom stereocenters. The molecule has 0 saturated heterocycles. The Bertz CT molecular complexity index is 30.0. The summed E-state index contributed by atoms with van der Waals surface area (Å²) in [6, 6.07) is 0. The number of halogens is 1. The highest BCUT2D eigenvalue weighted by Crippen LogP contribution is 2.02. The Morgan fingerprint density at radius 1 is 2.00 bits per heavy atom. The molecule has 0 aromatic carbocycles. The van der Waals surface area contributed by atoms with Gasteiger partial charge >= 0.3 is 0 Å². The minimum Gasteiger partial charge on any atom is -0.454 e. The highest BCUT2D eigenvalue weighted by atomic mass is 127. The molecule has 0 aromatic heterocycles. The Hall–Kier alpha value is 0.755. The fraction of sp³-hybridized carbons (Fsp3) is 1.00. The first-order valence-electron chi connectivity index (χ1n) is 1.98. The van der Waals surface area contributed by atoms with Crippen LogP contribution in [0.15, 0.2) is 0 Å². The zero-order valence-corrected chi connectivity index (χ0v) is 5.97. The molecule has 0 heterocycles.